The number of anilines is 1. The van der Waals surface area contributed by atoms with Gasteiger partial charge in [-0.3, -0.25) is 9.89 Å². The van der Waals surface area contributed by atoms with Crippen molar-refractivity contribution in [1.82, 2.24) is 10.2 Å². The smallest absolute Gasteiger partial charge is 0.266 e. The number of hydrogen-bond acceptors (Lipinski definition) is 3. The van der Waals surface area contributed by atoms with Gasteiger partial charge in [-0.2, -0.15) is 5.10 Å². The third-order valence-electron chi connectivity index (χ3n) is 2.47. The van der Waals surface area contributed by atoms with E-state index in [0.717, 1.165) is 10.2 Å². The van der Waals surface area contributed by atoms with E-state index in [1.54, 1.807) is 19.1 Å². The summed E-state index contributed by atoms with van der Waals surface area (Å²) < 4.78 is 6.40. The largest absolute Gasteiger partial charge is 0.480 e. The standard InChI is InChI=1S/C13H14BrN3O2/c1-8-7-12(17-16-8)15-13(18)9(2)19-11-6-4-3-5-10(11)14/h3-7,9H,1-2H3,(H2,15,16,17,18)/t9-/m0/s1. The van der Waals surface area contributed by atoms with E-state index < -0.39 is 6.10 Å². The molecule has 5 nitrogen and oxygen atoms in total. The quantitative estimate of drug-likeness (QED) is 0.909. The first-order valence-electron chi connectivity index (χ1n) is 5.80. The molecule has 0 saturated carbocycles. The van der Waals surface area contributed by atoms with Crippen LogP contribution in [0.1, 0.15) is 12.6 Å². The SMILES string of the molecule is Cc1cc(NC(=O)[C@H](C)Oc2ccccc2Br)n[nH]1. The van der Waals surface area contributed by atoms with Crippen LogP contribution in [0.2, 0.25) is 0 Å². The van der Waals surface area contributed by atoms with Crippen molar-refractivity contribution < 1.29 is 9.53 Å². The Hall–Kier alpha value is -1.82. The van der Waals surface area contributed by atoms with Crippen LogP contribution >= 0.6 is 15.9 Å². The zero-order valence-electron chi connectivity index (χ0n) is 10.6. The molecule has 100 valence electrons. The number of carbonyl (C=O) groups excluding carboxylic acids is 1. The fourth-order valence-corrected chi connectivity index (χ4v) is 1.87. The Balaban J connectivity index is 1.98. The summed E-state index contributed by atoms with van der Waals surface area (Å²) in [6.45, 7) is 3.55. The molecule has 2 aromatic rings. The number of nitrogens with one attached hydrogen (secondary N) is 2. The minimum Gasteiger partial charge on any atom is -0.480 e. The monoisotopic (exact) mass is 323 g/mol. The van der Waals surface area contributed by atoms with Crippen molar-refractivity contribution in [3.8, 4) is 5.75 Å². The predicted octanol–water partition coefficient (Wildman–Crippen LogP) is 2.89. The van der Waals surface area contributed by atoms with Gasteiger partial charge >= 0.3 is 0 Å². The molecule has 0 aliphatic heterocycles. The number of aromatic amines is 1. The molecule has 1 atom stereocenters. The van der Waals surface area contributed by atoms with Gasteiger partial charge in [-0.15, -0.1) is 0 Å². The summed E-state index contributed by atoms with van der Waals surface area (Å²) in [5.74, 6) is 0.871. The van der Waals surface area contributed by atoms with E-state index in [1.165, 1.54) is 0 Å². The number of aryl methyl sites for hydroxylation is 1. The van der Waals surface area contributed by atoms with Crippen LogP contribution in [-0.2, 0) is 4.79 Å². The summed E-state index contributed by atoms with van der Waals surface area (Å²) in [6.07, 6.45) is -0.615. The molecule has 1 heterocycles. The molecule has 0 fully saturated rings. The van der Waals surface area contributed by atoms with Gasteiger partial charge in [0.1, 0.15) is 5.75 Å². The fourth-order valence-electron chi connectivity index (χ4n) is 1.49. The number of ether oxygens (including phenoxy) is 1. The normalized spacial score (nSPS) is 11.9. The third kappa shape index (κ3) is 3.57. The molecule has 2 N–H and O–H groups in total. The molecular formula is C13H14BrN3O2. The van der Waals surface area contributed by atoms with Gasteiger partial charge in [0.25, 0.3) is 5.91 Å². The highest BCUT2D eigenvalue weighted by Crippen LogP contribution is 2.24. The highest BCUT2D eigenvalue weighted by atomic mass is 79.9. The van der Waals surface area contributed by atoms with Gasteiger partial charge in [-0.25, -0.2) is 0 Å². The Morgan fingerprint density at radius 3 is 2.84 bits per heavy atom. The van der Waals surface area contributed by atoms with E-state index in [-0.39, 0.29) is 5.91 Å². The lowest BCUT2D eigenvalue weighted by Crippen LogP contribution is -2.30. The molecule has 19 heavy (non-hydrogen) atoms. The van der Waals surface area contributed by atoms with Gasteiger partial charge in [0.15, 0.2) is 11.9 Å². The van der Waals surface area contributed by atoms with Crippen LogP contribution in [0.3, 0.4) is 0 Å². The van der Waals surface area contributed by atoms with Crippen molar-refractivity contribution in [2.45, 2.75) is 20.0 Å². The van der Waals surface area contributed by atoms with Crippen LogP contribution in [0, 0.1) is 6.92 Å². The highest BCUT2D eigenvalue weighted by molar-refractivity contribution is 9.10. The Morgan fingerprint density at radius 2 is 2.21 bits per heavy atom. The lowest BCUT2D eigenvalue weighted by atomic mass is 10.3. The summed E-state index contributed by atoms with van der Waals surface area (Å²) in [4.78, 5) is 11.9. The number of aromatic nitrogens is 2. The third-order valence-corrected chi connectivity index (χ3v) is 3.12. The van der Waals surface area contributed by atoms with Crippen LogP contribution < -0.4 is 10.1 Å². The average molecular weight is 324 g/mol. The molecule has 0 aliphatic carbocycles. The van der Waals surface area contributed by atoms with Crippen molar-refractivity contribution >= 4 is 27.7 Å². The number of hydrogen-bond donors (Lipinski definition) is 2. The summed E-state index contributed by atoms with van der Waals surface area (Å²) in [5, 5.41) is 9.38. The molecule has 0 unspecified atom stereocenters. The number of nitrogens with zero attached hydrogens (tertiary/aromatic N) is 1. The molecule has 1 aromatic heterocycles. The Morgan fingerprint density at radius 1 is 1.47 bits per heavy atom. The van der Waals surface area contributed by atoms with Crippen molar-refractivity contribution in [2.75, 3.05) is 5.32 Å². The maximum absolute atomic E-state index is 11.9. The second kappa shape index (κ2) is 5.88. The van der Waals surface area contributed by atoms with Gasteiger partial charge in [0.2, 0.25) is 0 Å². The van der Waals surface area contributed by atoms with E-state index in [9.17, 15) is 4.79 Å². The maximum Gasteiger partial charge on any atom is 0.266 e. The van der Waals surface area contributed by atoms with Crippen molar-refractivity contribution in [1.29, 1.82) is 0 Å². The predicted molar refractivity (Wildman–Crippen MR) is 76.2 cm³/mol. The lowest BCUT2D eigenvalue weighted by Gasteiger charge is -2.14. The topological polar surface area (TPSA) is 67.0 Å². The number of rotatable bonds is 4. The van der Waals surface area contributed by atoms with Crippen LogP contribution in [0.5, 0.6) is 5.75 Å². The zero-order chi connectivity index (χ0) is 13.8. The van der Waals surface area contributed by atoms with Gasteiger partial charge < -0.3 is 10.1 Å². The molecule has 0 bridgehead atoms. The van der Waals surface area contributed by atoms with E-state index >= 15 is 0 Å². The minimum absolute atomic E-state index is 0.248. The van der Waals surface area contributed by atoms with Gasteiger partial charge in [-0.05, 0) is 41.9 Å². The molecule has 0 spiro atoms. The number of carbonyl (C=O) groups is 1. The Kier molecular flexibility index (Phi) is 4.21. The Labute approximate surface area is 119 Å². The molecule has 0 aliphatic rings. The number of H-pyrrole nitrogens is 1. The molecule has 1 amide bonds. The molecule has 6 heteroatoms. The van der Waals surface area contributed by atoms with E-state index in [0.29, 0.717) is 11.6 Å². The first-order valence-corrected chi connectivity index (χ1v) is 6.59. The van der Waals surface area contributed by atoms with Gasteiger partial charge in [0.05, 0.1) is 4.47 Å². The van der Waals surface area contributed by atoms with Crippen LogP contribution in [0.25, 0.3) is 0 Å². The van der Waals surface area contributed by atoms with Crippen molar-refractivity contribution in [3.05, 3.63) is 40.5 Å². The molecule has 0 saturated heterocycles. The summed E-state index contributed by atoms with van der Waals surface area (Å²) in [7, 11) is 0. The summed E-state index contributed by atoms with van der Waals surface area (Å²) >= 11 is 3.37. The van der Waals surface area contributed by atoms with Crippen molar-refractivity contribution in [3.63, 3.8) is 0 Å². The second-order valence-electron chi connectivity index (χ2n) is 4.12. The number of amides is 1. The number of halogens is 1. The van der Waals surface area contributed by atoms with Crippen LogP contribution in [0.15, 0.2) is 34.8 Å². The Bertz CT molecular complexity index is 583. The second-order valence-corrected chi connectivity index (χ2v) is 4.97. The fraction of sp³-hybridized carbons (Fsp3) is 0.231. The minimum atomic E-state index is -0.615. The van der Waals surface area contributed by atoms with Crippen LogP contribution in [-0.4, -0.2) is 22.2 Å². The molecule has 2 rings (SSSR count). The number of benzene rings is 1. The summed E-state index contributed by atoms with van der Waals surface area (Å²) in [6, 6.07) is 9.14. The molecule has 1 aromatic carbocycles. The van der Waals surface area contributed by atoms with E-state index in [2.05, 4.69) is 31.4 Å². The number of para-hydroxylation sites is 1. The summed E-state index contributed by atoms with van der Waals surface area (Å²) in [5.41, 5.74) is 0.884. The van der Waals surface area contributed by atoms with Gasteiger partial charge in [0, 0.05) is 11.8 Å². The van der Waals surface area contributed by atoms with Gasteiger partial charge in [-0.1, -0.05) is 12.1 Å². The average Bonchev–Trinajstić information content (AvgIpc) is 2.77. The van der Waals surface area contributed by atoms with E-state index in [1.807, 2.05) is 25.1 Å². The van der Waals surface area contributed by atoms with Crippen molar-refractivity contribution in [2.24, 2.45) is 0 Å². The zero-order valence-corrected chi connectivity index (χ0v) is 12.2. The molecule has 0 radical (unpaired) electrons. The van der Waals surface area contributed by atoms with E-state index in [4.69, 9.17) is 4.74 Å². The highest BCUT2D eigenvalue weighted by Gasteiger charge is 2.16. The lowest BCUT2D eigenvalue weighted by molar-refractivity contribution is -0.122. The molecular weight excluding hydrogens is 310 g/mol. The first-order chi connectivity index (χ1) is 9.06. The maximum atomic E-state index is 11.9. The first kappa shape index (κ1) is 13.6. The van der Waals surface area contributed by atoms with Crippen LogP contribution in [0.4, 0.5) is 5.82 Å².